The second-order valence-electron chi connectivity index (χ2n) is 13.5. The zero-order valence-corrected chi connectivity index (χ0v) is 34.6. The molecule has 8 aromatic rings. The zero-order valence-electron chi connectivity index (χ0n) is 34.6. The van der Waals surface area contributed by atoms with Crippen molar-refractivity contribution in [1.29, 1.82) is 0 Å². The largest absolute Gasteiger partial charge is 0.492 e. The van der Waals surface area contributed by atoms with E-state index in [2.05, 4.69) is 30.6 Å². The van der Waals surface area contributed by atoms with Crippen LogP contribution in [0.15, 0.2) is 140 Å². The Morgan fingerprint density at radius 1 is 0.557 bits per heavy atom. The van der Waals surface area contributed by atoms with E-state index in [-0.39, 0.29) is 6.61 Å². The number of carbonyl (C=O) groups excluding carboxylic acids is 1. The van der Waals surface area contributed by atoms with Crippen LogP contribution in [0.5, 0.6) is 34.5 Å². The van der Waals surface area contributed by atoms with E-state index in [0.29, 0.717) is 52.6 Å². The van der Waals surface area contributed by atoms with Crippen molar-refractivity contribution >= 4 is 50.8 Å². The van der Waals surface area contributed by atoms with Crippen LogP contribution >= 0.6 is 0 Å². The SMILES string of the molecule is CCOC(=O)c1cnc2nc(C)c(OCC)cc2c1Nc1ccc(Oc2ccccc2)cc1.CCOc1cc2c(Nc3ccc(Oc4ccccc4)cc3)ccnc2nc1C. The number of esters is 1. The molecule has 0 unspecified atom stereocenters. The predicted octanol–water partition coefficient (Wildman–Crippen LogP) is 11.9. The molecule has 4 aromatic carbocycles. The number of fused-ring (bicyclic) bond motifs is 2. The fraction of sp³-hybridized carbons (Fsp3) is 0.163. The van der Waals surface area contributed by atoms with Crippen LogP contribution in [-0.2, 0) is 4.74 Å². The molecule has 12 heteroatoms. The van der Waals surface area contributed by atoms with Crippen LogP contribution in [0.4, 0.5) is 22.7 Å². The zero-order chi connectivity index (χ0) is 42.6. The van der Waals surface area contributed by atoms with E-state index in [1.165, 1.54) is 6.20 Å². The van der Waals surface area contributed by atoms with E-state index in [4.69, 9.17) is 23.7 Å². The van der Waals surface area contributed by atoms with Crippen LogP contribution < -0.4 is 29.6 Å². The number of aryl methyl sites for hydroxylation is 2. The fourth-order valence-electron chi connectivity index (χ4n) is 6.31. The molecule has 4 heterocycles. The summed E-state index contributed by atoms with van der Waals surface area (Å²) in [5, 5.41) is 8.36. The molecular formula is C49H46N6O6. The van der Waals surface area contributed by atoms with Gasteiger partial charge in [-0.25, -0.2) is 24.7 Å². The number of para-hydroxylation sites is 2. The molecule has 0 atom stereocenters. The summed E-state index contributed by atoms with van der Waals surface area (Å²) >= 11 is 0. The van der Waals surface area contributed by atoms with Crippen molar-refractivity contribution in [2.45, 2.75) is 34.6 Å². The summed E-state index contributed by atoms with van der Waals surface area (Å²) in [4.78, 5) is 30.5. The van der Waals surface area contributed by atoms with Crippen LogP contribution in [0.3, 0.4) is 0 Å². The first-order valence-corrected chi connectivity index (χ1v) is 20.0. The maximum atomic E-state index is 12.7. The van der Waals surface area contributed by atoms with Gasteiger partial charge in [0.15, 0.2) is 11.3 Å². The number of benzene rings is 4. The molecular weight excluding hydrogens is 769 g/mol. The Morgan fingerprint density at radius 2 is 1.05 bits per heavy atom. The normalized spacial score (nSPS) is 10.6. The van der Waals surface area contributed by atoms with Gasteiger partial charge in [0.2, 0.25) is 0 Å². The van der Waals surface area contributed by atoms with Crippen LogP contribution in [-0.4, -0.2) is 45.7 Å². The third-order valence-corrected chi connectivity index (χ3v) is 9.19. The smallest absolute Gasteiger partial charge is 0.341 e. The van der Waals surface area contributed by atoms with Crippen LogP contribution in [0.25, 0.3) is 22.1 Å². The third kappa shape index (κ3) is 10.5. The number of ether oxygens (including phenoxy) is 5. The van der Waals surface area contributed by atoms with Crippen molar-refractivity contribution in [3.05, 3.63) is 157 Å². The average molecular weight is 815 g/mol. The van der Waals surface area contributed by atoms with Crippen LogP contribution in [0.2, 0.25) is 0 Å². The van der Waals surface area contributed by atoms with Crippen LogP contribution in [0.1, 0.15) is 42.5 Å². The minimum Gasteiger partial charge on any atom is -0.492 e. The monoisotopic (exact) mass is 814 g/mol. The highest BCUT2D eigenvalue weighted by atomic mass is 16.5. The van der Waals surface area contributed by atoms with Gasteiger partial charge in [-0.05, 0) is 126 Å². The number of hydrogen-bond donors (Lipinski definition) is 2. The number of anilines is 4. The van der Waals surface area contributed by atoms with Gasteiger partial charge >= 0.3 is 5.97 Å². The Hall–Kier alpha value is -7.73. The van der Waals surface area contributed by atoms with Gasteiger partial charge in [0, 0.05) is 34.5 Å². The van der Waals surface area contributed by atoms with E-state index in [9.17, 15) is 4.79 Å². The van der Waals surface area contributed by atoms with Crippen molar-refractivity contribution in [3.8, 4) is 34.5 Å². The Kier molecular flexibility index (Phi) is 13.5. The molecule has 0 amide bonds. The van der Waals surface area contributed by atoms with Gasteiger partial charge in [0.1, 0.15) is 40.1 Å². The van der Waals surface area contributed by atoms with Gasteiger partial charge in [-0.15, -0.1) is 0 Å². The number of rotatable bonds is 14. The van der Waals surface area contributed by atoms with E-state index < -0.39 is 5.97 Å². The summed E-state index contributed by atoms with van der Waals surface area (Å²) in [5.41, 5.74) is 6.29. The highest BCUT2D eigenvalue weighted by molar-refractivity contribution is 6.05. The van der Waals surface area contributed by atoms with Crippen molar-refractivity contribution < 1.29 is 28.5 Å². The topological polar surface area (TPSA) is 139 Å². The maximum absolute atomic E-state index is 12.7. The molecule has 61 heavy (non-hydrogen) atoms. The van der Waals surface area contributed by atoms with Crippen molar-refractivity contribution in [3.63, 3.8) is 0 Å². The molecule has 0 bridgehead atoms. The second-order valence-corrected chi connectivity index (χ2v) is 13.5. The lowest BCUT2D eigenvalue weighted by Crippen LogP contribution is -2.10. The first-order valence-electron chi connectivity index (χ1n) is 20.0. The van der Waals surface area contributed by atoms with Crippen molar-refractivity contribution in [1.82, 2.24) is 19.9 Å². The predicted molar refractivity (Wildman–Crippen MR) is 239 cm³/mol. The molecule has 0 saturated carbocycles. The number of nitrogens with zero attached hydrogens (tertiary/aromatic N) is 4. The molecule has 0 radical (unpaired) electrons. The average Bonchev–Trinajstić information content (AvgIpc) is 3.27. The van der Waals surface area contributed by atoms with Gasteiger partial charge in [0.05, 0.1) is 42.6 Å². The van der Waals surface area contributed by atoms with Gasteiger partial charge in [-0.3, -0.25) is 0 Å². The minimum absolute atomic E-state index is 0.262. The number of pyridine rings is 4. The molecule has 0 aliphatic rings. The van der Waals surface area contributed by atoms with Gasteiger partial charge in [-0.1, -0.05) is 36.4 Å². The lowest BCUT2D eigenvalue weighted by Gasteiger charge is -2.16. The molecule has 8 rings (SSSR count). The molecule has 0 fully saturated rings. The highest BCUT2D eigenvalue weighted by Crippen LogP contribution is 2.34. The second kappa shape index (κ2) is 19.8. The minimum atomic E-state index is -0.461. The molecule has 4 aromatic heterocycles. The molecule has 0 spiro atoms. The summed E-state index contributed by atoms with van der Waals surface area (Å²) in [6.07, 6.45) is 3.24. The summed E-state index contributed by atoms with van der Waals surface area (Å²) in [5.74, 6) is 4.01. The van der Waals surface area contributed by atoms with Crippen molar-refractivity contribution in [2.75, 3.05) is 30.5 Å². The summed E-state index contributed by atoms with van der Waals surface area (Å²) in [6.45, 7) is 10.8. The molecule has 0 aliphatic carbocycles. The van der Waals surface area contributed by atoms with E-state index in [1.54, 1.807) is 13.1 Å². The lowest BCUT2D eigenvalue weighted by molar-refractivity contribution is 0.0527. The van der Waals surface area contributed by atoms with Crippen LogP contribution in [0, 0.1) is 13.8 Å². The standard InChI is InChI=1S/C26H25N3O4.C23H21N3O2/c1-4-31-23-15-21-24(22(26(30)32-5-2)16-27-25(21)28-17(23)3)29-18-11-13-20(14-12-18)33-19-9-7-6-8-10-19;1-3-27-22-15-20-21(13-14-24-23(20)25-16(22)2)26-17-9-11-19(12-10-17)28-18-7-5-4-6-8-18/h6-16H,4-5H2,1-3H3,(H,27,28,29);4-15H,3H2,1-2H3,(H,24,25,26). The van der Waals surface area contributed by atoms with Gasteiger partial charge in [-0.2, -0.15) is 0 Å². The Morgan fingerprint density at radius 3 is 1.57 bits per heavy atom. The van der Waals surface area contributed by atoms with Gasteiger partial charge < -0.3 is 34.3 Å². The van der Waals surface area contributed by atoms with E-state index in [0.717, 1.165) is 56.8 Å². The number of carbonyl (C=O) groups is 1. The summed E-state index contributed by atoms with van der Waals surface area (Å²) in [7, 11) is 0. The third-order valence-electron chi connectivity index (χ3n) is 9.19. The Balaban J connectivity index is 0.000000186. The Labute approximate surface area is 354 Å². The fourth-order valence-corrected chi connectivity index (χ4v) is 6.31. The van der Waals surface area contributed by atoms with E-state index >= 15 is 0 Å². The van der Waals surface area contributed by atoms with Crippen molar-refractivity contribution in [2.24, 2.45) is 0 Å². The van der Waals surface area contributed by atoms with E-state index in [1.807, 2.05) is 155 Å². The molecule has 0 aliphatic heterocycles. The molecule has 12 nitrogen and oxygen atoms in total. The Bertz CT molecular complexity index is 2720. The lowest BCUT2D eigenvalue weighted by atomic mass is 10.1. The maximum Gasteiger partial charge on any atom is 0.341 e. The first-order chi connectivity index (χ1) is 29.8. The summed E-state index contributed by atoms with van der Waals surface area (Å²) < 4.78 is 28.4. The number of hydrogen-bond acceptors (Lipinski definition) is 12. The first kappa shape index (κ1) is 41.4. The molecule has 308 valence electrons. The molecule has 0 saturated heterocycles. The number of nitrogens with one attached hydrogen (secondary N) is 2. The summed E-state index contributed by atoms with van der Waals surface area (Å²) in [6, 6.07) is 40.4. The van der Waals surface area contributed by atoms with Gasteiger partial charge in [0.25, 0.3) is 0 Å². The highest BCUT2D eigenvalue weighted by Gasteiger charge is 2.19. The number of aromatic nitrogens is 4. The quantitative estimate of drug-likeness (QED) is 0.101. The molecule has 2 N–H and O–H groups in total.